The molecule has 5 nitrogen and oxygen atoms in total. The Morgan fingerprint density at radius 1 is 0.970 bits per heavy atom. The number of likely N-dealkylation sites (tertiary alicyclic amines) is 1. The third-order valence-corrected chi connectivity index (χ3v) is 7.75. The Morgan fingerprint density at radius 3 is 2.64 bits per heavy atom. The van der Waals surface area contributed by atoms with Crippen LogP contribution in [0.5, 0.6) is 5.75 Å². The van der Waals surface area contributed by atoms with Crippen molar-refractivity contribution >= 4 is 22.4 Å². The number of benzene rings is 3. The van der Waals surface area contributed by atoms with E-state index < -0.39 is 6.10 Å². The summed E-state index contributed by atoms with van der Waals surface area (Å²) in [6.45, 7) is 3.29. The Hall–Kier alpha value is -2.89. The zero-order chi connectivity index (χ0) is 22.4. The van der Waals surface area contributed by atoms with Crippen LogP contribution in [0.2, 0.25) is 0 Å². The lowest BCUT2D eigenvalue weighted by atomic mass is 9.73. The summed E-state index contributed by atoms with van der Waals surface area (Å²) in [7, 11) is 0. The number of nitrogens with zero attached hydrogens (tertiary/aromatic N) is 2. The van der Waals surface area contributed by atoms with Gasteiger partial charge in [-0.1, -0.05) is 54.6 Å². The highest BCUT2D eigenvalue weighted by Gasteiger charge is 2.53. The Labute approximate surface area is 194 Å². The molecule has 1 spiro atoms. The number of ether oxygens (including phenoxy) is 1. The van der Waals surface area contributed by atoms with Gasteiger partial charge in [-0.3, -0.25) is 4.79 Å². The number of hydrogen-bond donors (Lipinski definition) is 1. The monoisotopic (exact) mass is 442 g/mol. The van der Waals surface area contributed by atoms with E-state index >= 15 is 0 Å². The Kier molecular flexibility index (Phi) is 5.11. The number of para-hydroxylation sites is 1. The maximum Gasteiger partial charge on any atom is 0.237 e. The molecule has 0 aliphatic carbocycles. The molecule has 1 amide bonds. The Balaban J connectivity index is 1.10. The summed E-state index contributed by atoms with van der Waals surface area (Å²) in [6.07, 6.45) is 3.17. The van der Waals surface area contributed by atoms with E-state index in [9.17, 15) is 9.90 Å². The highest BCUT2D eigenvalue weighted by Crippen LogP contribution is 2.50. The Bertz CT molecular complexity index is 1190. The molecule has 1 fully saturated rings. The normalized spacial score (nSPS) is 20.3. The summed E-state index contributed by atoms with van der Waals surface area (Å²) < 4.78 is 5.99. The first-order chi connectivity index (χ1) is 16.2. The van der Waals surface area contributed by atoms with Crippen LogP contribution >= 0.6 is 0 Å². The van der Waals surface area contributed by atoms with E-state index in [-0.39, 0.29) is 12.0 Å². The van der Waals surface area contributed by atoms with Crippen molar-refractivity contribution in [2.45, 2.75) is 37.2 Å². The van der Waals surface area contributed by atoms with Crippen molar-refractivity contribution < 1.29 is 14.6 Å². The number of amides is 1. The molecule has 0 aromatic heterocycles. The summed E-state index contributed by atoms with van der Waals surface area (Å²) in [4.78, 5) is 17.8. The predicted molar refractivity (Wildman–Crippen MR) is 130 cm³/mol. The second-order valence-corrected chi connectivity index (χ2v) is 9.70. The molecule has 3 heterocycles. The number of carbonyl (C=O) groups excluding carboxylic acids is 1. The molecule has 33 heavy (non-hydrogen) atoms. The highest BCUT2D eigenvalue weighted by molar-refractivity contribution is 6.09. The molecule has 1 saturated heterocycles. The zero-order valence-corrected chi connectivity index (χ0v) is 18.9. The summed E-state index contributed by atoms with van der Waals surface area (Å²) in [6, 6.07) is 20.6. The molecular formula is C28H30N2O3. The van der Waals surface area contributed by atoms with Crippen molar-refractivity contribution in [1.29, 1.82) is 0 Å². The zero-order valence-electron chi connectivity index (χ0n) is 18.9. The molecular weight excluding hydrogens is 412 g/mol. The molecule has 1 atom stereocenters. The number of fused-ring (bicyclic) bond motifs is 2. The van der Waals surface area contributed by atoms with Gasteiger partial charge in [0.1, 0.15) is 18.5 Å². The first kappa shape index (κ1) is 20.7. The average molecular weight is 443 g/mol. The number of piperidine rings is 1. The lowest BCUT2D eigenvalue weighted by Gasteiger charge is -2.39. The summed E-state index contributed by atoms with van der Waals surface area (Å²) in [5, 5.41) is 12.9. The molecule has 5 heteroatoms. The molecule has 1 unspecified atom stereocenters. The smallest absolute Gasteiger partial charge is 0.237 e. The van der Waals surface area contributed by atoms with Crippen LogP contribution in [-0.4, -0.2) is 54.8 Å². The van der Waals surface area contributed by atoms with Crippen molar-refractivity contribution in [2.75, 3.05) is 37.7 Å². The lowest BCUT2D eigenvalue weighted by molar-refractivity contribution is -0.125. The van der Waals surface area contributed by atoms with Gasteiger partial charge in [-0.2, -0.15) is 0 Å². The third kappa shape index (κ3) is 3.42. The van der Waals surface area contributed by atoms with Gasteiger partial charge in [0.2, 0.25) is 5.91 Å². The number of β-amino-alcohol motifs (C(OH)–C–C–N with tert-alkyl or cyclic N) is 1. The second-order valence-electron chi connectivity index (χ2n) is 9.70. The molecule has 1 N–H and O–H groups in total. The fourth-order valence-corrected chi connectivity index (χ4v) is 6.07. The van der Waals surface area contributed by atoms with E-state index in [2.05, 4.69) is 40.1 Å². The lowest BCUT2D eigenvalue weighted by Crippen LogP contribution is -2.50. The minimum Gasteiger partial charge on any atom is -0.490 e. The molecule has 3 aliphatic heterocycles. The quantitative estimate of drug-likeness (QED) is 0.651. The largest absolute Gasteiger partial charge is 0.490 e. The number of anilines is 1. The van der Waals surface area contributed by atoms with Crippen LogP contribution < -0.4 is 9.64 Å². The van der Waals surface area contributed by atoms with Crippen molar-refractivity contribution in [1.82, 2.24) is 4.90 Å². The topological polar surface area (TPSA) is 53.0 Å². The van der Waals surface area contributed by atoms with Crippen LogP contribution in [0.15, 0.2) is 60.7 Å². The van der Waals surface area contributed by atoms with E-state index in [0.29, 0.717) is 12.5 Å². The van der Waals surface area contributed by atoms with E-state index in [4.69, 9.17) is 4.74 Å². The average Bonchev–Trinajstić information content (AvgIpc) is 3.09. The van der Waals surface area contributed by atoms with E-state index in [0.717, 1.165) is 61.8 Å². The van der Waals surface area contributed by atoms with Crippen LogP contribution in [0.3, 0.4) is 0 Å². The number of aliphatic hydroxyl groups excluding tert-OH is 1. The van der Waals surface area contributed by atoms with Crippen molar-refractivity contribution in [3.05, 3.63) is 71.8 Å². The van der Waals surface area contributed by atoms with Crippen LogP contribution in [0.1, 0.15) is 30.4 Å². The van der Waals surface area contributed by atoms with Crippen LogP contribution in [0.25, 0.3) is 10.8 Å². The first-order valence-corrected chi connectivity index (χ1v) is 12.1. The summed E-state index contributed by atoms with van der Waals surface area (Å²) >= 11 is 0. The SMILES string of the molecule is O=C1N2CCCc3cccc(c32)C12CCN(CC(O)COc1cccc3ccccc13)CC2. The standard InChI is InChI=1S/C28H30N2O3/c31-22(19-33-25-12-4-7-20-6-1-2-10-23(20)25)18-29-16-13-28(14-17-29)24-11-3-8-21-9-5-15-30(26(21)24)27(28)32/h1-4,6-8,10-12,22,31H,5,9,13-19H2. The maximum absolute atomic E-state index is 13.5. The van der Waals surface area contributed by atoms with Gasteiger partial charge in [-0.05, 0) is 61.4 Å². The van der Waals surface area contributed by atoms with Gasteiger partial charge in [0, 0.05) is 18.5 Å². The minimum absolute atomic E-state index is 0.258. The third-order valence-electron chi connectivity index (χ3n) is 7.75. The predicted octanol–water partition coefficient (Wildman–Crippen LogP) is 3.91. The summed E-state index contributed by atoms with van der Waals surface area (Å²) in [5.74, 6) is 1.10. The number of aliphatic hydroxyl groups is 1. The van der Waals surface area contributed by atoms with Gasteiger partial charge in [0.05, 0.1) is 11.1 Å². The van der Waals surface area contributed by atoms with E-state index in [1.54, 1.807) is 0 Å². The molecule has 0 bridgehead atoms. The second kappa shape index (κ2) is 8.15. The molecule has 3 aromatic rings. The van der Waals surface area contributed by atoms with Gasteiger partial charge in [0.25, 0.3) is 0 Å². The molecule has 3 aromatic carbocycles. The molecule has 6 rings (SSSR count). The first-order valence-electron chi connectivity index (χ1n) is 12.1. The molecule has 0 saturated carbocycles. The van der Waals surface area contributed by atoms with Crippen molar-refractivity contribution in [3.63, 3.8) is 0 Å². The molecule has 170 valence electrons. The molecule has 0 radical (unpaired) electrons. The number of carbonyl (C=O) groups is 1. The highest BCUT2D eigenvalue weighted by atomic mass is 16.5. The number of rotatable bonds is 5. The van der Waals surface area contributed by atoms with Gasteiger partial charge in [-0.25, -0.2) is 0 Å². The summed E-state index contributed by atoms with van der Waals surface area (Å²) in [5.41, 5.74) is 3.39. The van der Waals surface area contributed by atoms with Crippen molar-refractivity contribution in [2.24, 2.45) is 0 Å². The maximum atomic E-state index is 13.5. The van der Waals surface area contributed by atoms with Crippen LogP contribution in [0.4, 0.5) is 5.69 Å². The van der Waals surface area contributed by atoms with Crippen LogP contribution in [-0.2, 0) is 16.6 Å². The van der Waals surface area contributed by atoms with Gasteiger partial charge >= 0.3 is 0 Å². The minimum atomic E-state index is -0.574. The Morgan fingerprint density at radius 2 is 1.76 bits per heavy atom. The number of aryl methyl sites for hydroxylation is 1. The van der Waals surface area contributed by atoms with Gasteiger partial charge in [-0.15, -0.1) is 0 Å². The fourth-order valence-electron chi connectivity index (χ4n) is 6.07. The van der Waals surface area contributed by atoms with E-state index in [1.807, 2.05) is 30.3 Å². The van der Waals surface area contributed by atoms with Gasteiger partial charge in [0.15, 0.2) is 0 Å². The van der Waals surface area contributed by atoms with Gasteiger partial charge < -0.3 is 19.6 Å². The van der Waals surface area contributed by atoms with E-state index in [1.165, 1.54) is 16.8 Å². The fraction of sp³-hybridized carbons (Fsp3) is 0.393. The van der Waals surface area contributed by atoms with Crippen molar-refractivity contribution in [3.8, 4) is 5.75 Å². The molecule has 3 aliphatic rings. The number of hydrogen-bond acceptors (Lipinski definition) is 4. The van der Waals surface area contributed by atoms with Crippen LogP contribution in [0, 0.1) is 0 Å².